The average Bonchev–Trinajstić information content (AvgIpc) is 2.97. The Kier molecular flexibility index (Phi) is 4.55. The van der Waals surface area contributed by atoms with Gasteiger partial charge in [-0.3, -0.25) is 0 Å². The van der Waals surface area contributed by atoms with Crippen LogP contribution in [0.25, 0.3) is 0 Å². The fourth-order valence-electron chi connectivity index (χ4n) is 2.10. The summed E-state index contributed by atoms with van der Waals surface area (Å²) in [5.41, 5.74) is 2.18. The minimum absolute atomic E-state index is 0.434. The van der Waals surface area contributed by atoms with Crippen molar-refractivity contribution in [1.82, 2.24) is 10.5 Å². The van der Waals surface area contributed by atoms with E-state index in [1.165, 1.54) is 16.9 Å². The lowest BCUT2D eigenvalue weighted by Crippen LogP contribution is -2.20. The first-order chi connectivity index (χ1) is 8.72. The van der Waals surface area contributed by atoms with Crippen molar-refractivity contribution in [2.45, 2.75) is 46.2 Å². The second-order valence-electron chi connectivity index (χ2n) is 4.54. The van der Waals surface area contributed by atoms with E-state index in [4.69, 9.17) is 4.52 Å². The van der Waals surface area contributed by atoms with Gasteiger partial charge in [0.05, 0.1) is 5.69 Å². The highest BCUT2D eigenvalue weighted by Crippen LogP contribution is 2.24. The van der Waals surface area contributed by atoms with Gasteiger partial charge in [0.1, 0.15) is 5.76 Å². The summed E-state index contributed by atoms with van der Waals surface area (Å²) >= 11 is 1.82. The zero-order valence-corrected chi connectivity index (χ0v) is 12.0. The zero-order chi connectivity index (χ0) is 13.0. The molecule has 0 aliphatic carbocycles. The smallest absolute Gasteiger partial charge is 0.138 e. The van der Waals surface area contributed by atoms with Gasteiger partial charge in [0.15, 0.2) is 0 Å². The number of aryl methyl sites for hydroxylation is 2. The molecule has 18 heavy (non-hydrogen) atoms. The molecule has 2 aromatic rings. The summed E-state index contributed by atoms with van der Waals surface area (Å²) in [6, 6.07) is 4.75. The zero-order valence-electron chi connectivity index (χ0n) is 11.2. The molecule has 2 heterocycles. The van der Waals surface area contributed by atoms with Crippen LogP contribution in [-0.2, 0) is 6.54 Å². The summed E-state index contributed by atoms with van der Waals surface area (Å²) in [6.07, 6.45) is 2.33. The van der Waals surface area contributed by atoms with Crippen molar-refractivity contribution in [1.29, 1.82) is 0 Å². The van der Waals surface area contributed by atoms with Gasteiger partial charge >= 0.3 is 0 Å². The van der Waals surface area contributed by atoms with E-state index in [2.05, 4.69) is 34.9 Å². The molecule has 0 aliphatic rings. The number of nitrogens with one attached hydrogen (secondary N) is 1. The van der Waals surface area contributed by atoms with E-state index >= 15 is 0 Å². The fraction of sp³-hybridized carbons (Fsp3) is 0.500. The van der Waals surface area contributed by atoms with Crippen LogP contribution in [0, 0.1) is 13.8 Å². The van der Waals surface area contributed by atoms with E-state index in [9.17, 15) is 0 Å². The Morgan fingerprint density at radius 2 is 2.28 bits per heavy atom. The Balaban J connectivity index is 2.02. The van der Waals surface area contributed by atoms with Crippen LogP contribution in [0.3, 0.4) is 0 Å². The Morgan fingerprint density at radius 3 is 2.83 bits per heavy atom. The molecule has 1 N–H and O–H groups in total. The minimum Gasteiger partial charge on any atom is -0.361 e. The van der Waals surface area contributed by atoms with Crippen LogP contribution >= 0.6 is 11.3 Å². The van der Waals surface area contributed by atoms with Crippen LogP contribution in [0.15, 0.2) is 22.0 Å². The number of nitrogens with zero attached hydrogens (tertiary/aromatic N) is 1. The second-order valence-corrected chi connectivity index (χ2v) is 5.52. The Bertz CT molecular complexity index is 456. The molecule has 0 aliphatic heterocycles. The molecule has 4 heteroatoms. The van der Waals surface area contributed by atoms with Crippen LogP contribution in [0.1, 0.15) is 47.7 Å². The third kappa shape index (κ3) is 3.00. The third-order valence-electron chi connectivity index (χ3n) is 3.17. The lowest BCUT2D eigenvalue weighted by Gasteiger charge is -2.16. The highest BCUT2D eigenvalue weighted by Gasteiger charge is 2.14. The Morgan fingerprint density at radius 1 is 1.44 bits per heavy atom. The van der Waals surface area contributed by atoms with Gasteiger partial charge < -0.3 is 9.84 Å². The predicted molar refractivity (Wildman–Crippen MR) is 74.8 cm³/mol. The molecular formula is C14H20N2OS. The van der Waals surface area contributed by atoms with Gasteiger partial charge in [-0.2, -0.15) is 0 Å². The maximum Gasteiger partial charge on any atom is 0.138 e. The van der Waals surface area contributed by atoms with Crippen LogP contribution in [0.5, 0.6) is 0 Å². The molecule has 0 aromatic carbocycles. The maximum absolute atomic E-state index is 5.19. The van der Waals surface area contributed by atoms with E-state index in [1.54, 1.807) is 0 Å². The first-order valence-corrected chi connectivity index (χ1v) is 7.28. The molecule has 1 unspecified atom stereocenters. The first-order valence-electron chi connectivity index (χ1n) is 6.41. The molecular weight excluding hydrogens is 244 g/mol. The summed E-state index contributed by atoms with van der Waals surface area (Å²) < 4.78 is 5.19. The topological polar surface area (TPSA) is 38.1 Å². The molecule has 0 saturated heterocycles. The molecule has 0 amide bonds. The molecule has 0 spiro atoms. The molecule has 98 valence electrons. The van der Waals surface area contributed by atoms with Gasteiger partial charge in [0.2, 0.25) is 0 Å². The highest BCUT2D eigenvalue weighted by atomic mass is 32.1. The second kappa shape index (κ2) is 6.16. The Hall–Kier alpha value is -1.13. The monoisotopic (exact) mass is 264 g/mol. The number of hydrogen-bond donors (Lipinski definition) is 1. The Labute approximate surface area is 112 Å². The summed E-state index contributed by atoms with van der Waals surface area (Å²) in [5.74, 6) is 0.918. The number of thiophene rings is 1. The van der Waals surface area contributed by atoms with E-state index < -0.39 is 0 Å². The predicted octanol–water partition coefficient (Wildman–Crippen LogP) is 3.98. The molecule has 1 atom stereocenters. The largest absolute Gasteiger partial charge is 0.361 e. The summed E-state index contributed by atoms with van der Waals surface area (Å²) in [5, 5.41) is 9.74. The summed E-state index contributed by atoms with van der Waals surface area (Å²) in [6.45, 7) is 7.01. The van der Waals surface area contributed by atoms with Crippen molar-refractivity contribution < 1.29 is 4.52 Å². The van der Waals surface area contributed by atoms with Crippen molar-refractivity contribution in [3.63, 3.8) is 0 Å². The summed E-state index contributed by atoms with van der Waals surface area (Å²) in [4.78, 5) is 1.41. The van der Waals surface area contributed by atoms with E-state index in [0.717, 1.165) is 24.4 Å². The molecule has 0 fully saturated rings. The number of hydrogen-bond acceptors (Lipinski definition) is 4. The van der Waals surface area contributed by atoms with Gasteiger partial charge in [0.25, 0.3) is 0 Å². The first kappa shape index (κ1) is 13.3. The van der Waals surface area contributed by atoms with Crippen LogP contribution < -0.4 is 5.32 Å². The van der Waals surface area contributed by atoms with Crippen molar-refractivity contribution in [2.75, 3.05) is 0 Å². The minimum atomic E-state index is 0.434. The molecule has 2 rings (SSSR count). The van der Waals surface area contributed by atoms with Crippen molar-refractivity contribution >= 4 is 11.3 Å². The van der Waals surface area contributed by atoms with Crippen LogP contribution in [0.4, 0.5) is 0 Å². The van der Waals surface area contributed by atoms with E-state index in [-0.39, 0.29) is 0 Å². The molecule has 3 nitrogen and oxygen atoms in total. The molecule has 0 radical (unpaired) electrons. The van der Waals surface area contributed by atoms with Crippen LogP contribution in [-0.4, -0.2) is 5.16 Å². The lowest BCUT2D eigenvalue weighted by molar-refractivity contribution is 0.391. The van der Waals surface area contributed by atoms with Crippen molar-refractivity contribution in [2.24, 2.45) is 0 Å². The third-order valence-corrected chi connectivity index (χ3v) is 4.16. The highest BCUT2D eigenvalue weighted by molar-refractivity contribution is 7.10. The molecule has 0 bridgehead atoms. The van der Waals surface area contributed by atoms with Crippen molar-refractivity contribution in [3.05, 3.63) is 39.4 Å². The quantitative estimate of drug-likeness (QED) is 0.857. The number of aromatic nitrogens is 1. The number of rotatable bonds is 6. The van der Waals surface area contributed by atoms with Gasteiger partial charge in [-0.25, -0.2) is 0 Å². The van der Waals surface area contributed by atoms with E-state index in [0.29, 0.717) is 6.04 Å². The van der Waals surface area contributed by atoms with E-state index in [1.807, 2.05) is 25.2 Å². The molecule has 2 aromatic heterocycles. The normalized spacial score (nSPS) is 12.8. The maximum atomic E-state index is 5.19. The fourth-order valence-corrected chi connectivity index (χ4v) is 2.94. The molecule has 0 saturated carbocycles. The average molecular weight is 264 g/mol. The lowest BCUT2D eigenvalue weighted by atomic mass is 10.1. The van der Waals surface area contributed by atoms with Gasteiger partial charge in [0, 0.05) is 23.0 Å². The van der Waals surface area contributed by atoms with Gasteiger partial charge in [-0.1, -0.05) is 24.6 Å². The SMILES string of the molecule is CCCC(NCc1c(C)noc1C)c1cccs1. The summed E-state index contributed by atoms with van der Waals surface area (Å²) in [7, 11) is 0. The standard InChI is InChI=1S/C14H20N2OS/c1-4-6-13(14-7-5-8-18-14)15-9-12-10(2)16-17-11(12)3/h5,7-8,13,15H,4,6,9H2,1-3H3. The van der Waals surface area contributed by atoms with Crippen molar-refractivity contribution in [3.8, 4) is 0 Å². The van der Waals surface area contributed by atoms with Gasteiger partial charge in [-0.05, 0) is 31.7 Å². The van der Waals surface area contributed by atoms with Gasteiger partial charge in [-0.15, -0.1) is 11.3 Å². The van der Waals surface area contributed by atoms with Crippen LogP contribution in [0.2, 0.25) is 0 Å².